The number of hydrogen-bond donors (Lipinski definition) is 3. The Morgan fingerprint density at radius 2 is 1.78 bits per heavy atom. The average Bonchev–Trinajstić information content (AvgIpc) is 2.57. The lowest BCUT2D eigenvalue weighted by Crippen LogP contribution is -2.39. The number of carbonyl (C=O) groups excluding carboxylic acids is 1. The van der Waals surface area contributed by atoms with Crippen molar-refractivity contribution in [3.63, 3.8) is 0 Å². The van der Waals surface area contributed by atoms with Crippen LogP contribution in [0.1, 0.15) is 39.7 Å². The number of rotatable bonds is 8. The first-order valence-electron chi connectivity index (χ1n) is 8.97. The number of amides is 1. The summed E-state index contributed by atoms with van der Waals surface area (Å²) in [6, 6.07) is 7.92. The molecule has 0 atom stereocenters. The van der Waals surface area contributed by atoms with E-state index in [0.29, 0.717) is 32.2 Å². The number of para-hydroxylation sites is 1. The summed E-state index contributed by atoms with van der Waals surface area (Å²) in [7, 11) is 1.72. The molecule has 1 aromatic carbocycles. The van der Waals surface area contributed by atoms with Gasteiger partial charge in [0.05, 0.1) is 6.61 Å². The van der Waals surface area contributed by atoms with Crippen LogP contribution < -0.4 is 20.7 Å². The van der Waals surface area contributed by atoms with Crippen molar-refractivity contribution in [1.82, 2.24) is 16.0 Å². The van der Waals surface area contributed by atoms with Gasteiger partial charge in [-0.15, -0.1) is 24.0 Å². The van der Waals surface area contributed by atoms with Gasteiger partial charge in [-0.2, -0.15) is 0 Å². The summed E-state index contributed by atoms with van der Waals surface area (Å²) < 4.78 is 10.8. The Bertz CT molecular complexity index is 589. The fraction of sp³-hybridized carbons (Fsp3) is 0.579. The summed E-state index contributed by atoms with van der Waals surface area (Å²) >= 11 is 0. The topological polar surface area (TPSA) is 84.0 Å². The number of guanidine groups is 1. The Kier molecular flexibility index (Phi) is 12.6. The maximum atomic E-state index is 11.6. The number of nitrogens with one attached hydrogen (secondary N) is 3. The number of carbonyl (C=O) groups is 1. The molecule has 0 saturated heterocycles. The zero-order chi connectivity index (χ0) is 19.4. The Balaban J connectivity index is 0.00000676. The standard InChI is InChI=1S/C19H32N4O3.HI/c1-6-25-16-11-8-7-10-15(16)14-23-17(20-5)21-12-9-13-22-18(24)26-19(2,3)4;/h7-8,10-11H,6,9,12-14H2,1-5H3,(H,22,24)(H2,20,21,23);1H. The second kappa shape index (κ2) is 13.5. The molecule has 0 unspecified atom stereocenters. The number of halogens is 1. The molecule has 0 bridgehead atoms. The number of alkyl carbamates (subject to hydrolysis) is 1. The van der Waals surface area contributed by atoms with Crippen molar-refractivity contribution in [2.45, 2.75) is 46.3 Å². The molecule has 0 fully saturated rings. The Morgan fingerprint density at radius 1 is 1.11 bits per heavy atom. The van der Waals surface area contributed by atoms with Gasteiger partial charge in [-0.25, -0.2) is 4.79 Å². The monoisotopic (exact) mass is 492 g/mol. The molecule has 0 heterocycles. The molecular formula is C19H33IN4O3. The zero-order valence-corrected chi connectivity index (χ0v) is 19.3. The van der Waals surface area contributed by atoms with E-state index in [1.165, 1.54) is 0 Å². The van der Waals surface area contributed by atoms with Crippen LogP contribution in [-0.2, 0) is 11.3 Å². The smallest absolute Gasteiger partial charge is 0.407 e. The summed E-state index contributed by atoms with van der Waals surface area (Å²) in [4.78, 5) is 15.8. The van der Waals surface area contributed by atoms with Gasteiger partial charge in [-0.1, -0.05) is 18.2 Å². The number of hydrogen-bond acceptors (Lipinski definition) is 4. The molecule has 154 valence electrons. The van der Waals surface area contributed by atoms with Gasteiger partial charge in [0.2, 0.25) is 0 Å². The largest absolute Gasteiger partial charge is 0.494 e. The molecule has 1 amide bonds. The maximum Gasteiger partial charge on any atom is 0.407 e. The van der Waals surface area contributed by atoms with Crippen LogP contribution in [0.4, 0.5) is 4.79 Å². The van der Waals surface area contributed by atoms with Crippen LogP contribution in [0.25, 0.3) is 0 Å². The summed E-state index contributed by atoms with van der Waals surface area (Å²) in [5, 5.41) is 9.21. The molecule has 0 aromatic heterocycles. The molecule has 3 N–H and O–H groups in total. The van der Waals surface area contributed by atoms with E-state index < -0.39 is 11.7 Å². The molecule has 8 heteroatoms. The van der Waals surface area contributed by atoms with Gasteiger partial charge < -0.3 is 25.4 Å². The van der Waals surface area contributed by atoms with Crippen molar-refractivity contribution in [2.75, 3.05) is 26.7 Å². The number of nitrogens with zero attached hydrogens (tertiary/aromatic N) is 1. The van der Waals surface area contributed by atoms with Gasteiger partial charge in [-0.05, 0) is 40.2 Å². The van der Waals surface area contributed by atoms with E-state index in [2.05, 4.69) is 20.9 Å². The summed E-state index contributed by atoms with van der Waals surface area (Å²) in [6.45, 7) is 9.96. The lowest BCUT2D eigenvalue weighted by Gasteiger charge is -2.19. The van der Waals surface area contributed by atoms with E-state index in [1.807, 2.05) is 52.0 Å². The first-order chi connectivity index (χ1) is 12.4. The number of aliphatic imine (C=N–C) groups is 1. The van der Waals surface area contributed by atoms with Crippen LogP contribution in [0.3, 0.4) is 0 Å². The van der Waals surface area contributed by atoms with Crippen LogP contribution in [0.2, 0.25) is 0 Å². The molecular weight excluding hydrogens is 459 g/mol. The third-order valence-electron chi connectivity index (χ3n) is 3.26. The minimum absolute atomic E-state index is 0. The second-order valence-electron chi connectivity index (χ2n) is 6.68. The molecule has 0 radical (unpaired) electrons. The van der Waals surface area contributed by atoms with E-state index in [1.54, 1.807) is 7.05 Å². The van der Waals surface area contributed by atoms with Gasteiger partial charge >= 0.3 is 6.09 Å². The third kappa shape index (κ3) is 11.6. The molecule has 0 spiro atoms. The van der Waals surface area contributed by atoms with Crippen LogP contribution >= 0.6 is 24.0 Å². The van der Waals surface area contributed by atoms with Crippen molar-refractivity contribution in [3.8, 4) is 5.75 Å². The fourth-order valence-electron chi connectivity index (χ4n) is 2.15. The molecule has 0 aliphatic heterocycles. The minimum Gasteiger partial charge on any atom is -0.494 e. The van der Waals surface area contributed by atoms with Crippen LogP contribution in [0.15, 0.2) is 29.3 Å². The zero-order valence-electron chi connectivity index (χ0n) is 16.9. The Hall–Kier alpha value is -1.71. The van der Waals surface area contributed by atoms with Gasteiger partial charge in [0.25, 0.3) is 0 Å². The lowest BCUT2D eigenvalue weighted by molar-refractivity contribution is 0.0527. The van der Waals surface area contributed by atoms with Crippen molar-refractivity contribution >= 4 is 36.0 Å². The first-order valence-corrected chi connectivity index (χ1v) is 8.97. The average molecular weight is 492 g/mol. The van der Waals surface area contributed by atoms with Crippen LogP contribution in [-0.4, -0.2) is 44.4 Å². The van der Waals surface area contributed by atoms with E-state index in [0.717, 1.165) is 17.7 Å². The Labute approximate surface area is 179 Å². The van der Waals surface area contributed by atoms with Gasteiger partial charge in [0.15, 0.2) is 5.96 Å². The van der Waals surface area contributed by atoms with Crippen LogP contribution in [0, 0.1) is 0 Å². The third-order valence-corrected chi connectivity index (χ3v) is 3.26. The van der Waals surface area contributed by atoms with E-state index in [4.69, 9.17) is 9.47 Å². The van der Waals surface area contributed by atoms with Gasteiger partial charge in [0, 0.05) is 32.2 Å². The van der Waals surface area contributed by atoms with Crippen molar-refractivity contribution in [2.24, 2.45) is 4.99 Å². The van der Waals surface area contributed by atoms with Gasteiger partial charge in [0.1, 0.15) is 11.4 Å². The fourth-order valence-corrected chi connectivity index (χ4v) is 2.15. The highest BCUT2D eigenvalue weighted by atomic mass is 127. The molecule has 0 aliphatic carbocycles. The highest BCUT2D eigenvalue weighted by molar-refractivity contribution is 14.0. The molecule has 1 rings (SSSR count). The highest BCUT2D eigenvalue weighted by Gasteiger charge is 2.15. The van der Waals surface area contributed by atoms with Crippen molar-refractivity contribution in [3.05, 3.63) is 29.8 Å². The Morgan fingerprint density at radius 3 is 2.41 bits per heavy atom. The van der Waals surface area contributed by atoms with Crippen molar-refractivity contribution in [1.29, 1.82) is 0 Å². The molecule has 1 aromatic rings. The SMILES string of the molecule is CCOc1ccccc1CNC(=NC)NCCCNC(=O)OC(C)(C)C.I. The van der Waals surface area contributed by atoms with Crippen molar-refractivity contribution < 1.29 is 14.3 Å². The summed E-state index contributed by atoms with van der Waals surface area (Å²) in [5.41, 5.74) is 0.593. The number of benzene rings is 1. The molecule has 0 aliphatic rings. The molecule has 0 saturated carbocycles. The molecule has 27 heavy (non-hydrogen) atoms. The predicted molar refractivity (Wildman–Crippen MR) is 120 cm³/mol. The predicted octanol–water partition coefficient (Wildman–Crippen LogP) is 3.28. The lowest BCUT2D eigenvalue weighted by atomic mass is 10.2. The van der Waals surface area contributed by atoms with E-state index >= 15 is 0 Å². The summed E-state index contributed by atoms with van der Waals surface area (Å²) in [5.74, 6) is 1.58. The van der Waals surface area contributed by atoms with E-state index in [-0.39, 0.29) is 24.0 Å². The highest BCUT2D eigenvalue weighted by Crippen LogP contribution is 2.17. The second-order valence-corrected chi connectivity index (χ2v) is 6.68. The molecule has 7 nitrogen and oxygen atoms in total. The number of ether oxygens (including phenoxy) is 2. The summed E-state index contributed by atoms with van der Waals surface area (Å²) in [6.07, 6.45) is 0.364. The first kappa shape index (κ1) is 25.3. The normalized spacial score (nSPS) is 11.2. The van der Waals surface area contributed by atoms with Gasteiger partial charge in [-0.3, -0.25) is 4.99 Å². The maximum absolute atomic E-state index is 11.6. The minimum atomic E-state index is -0.480. The van der Waals surface area contributed by atoms with E-state index in [9.17, 15) is 4.79 Å². The van der Waals surface area contributed by atoms with Crippen LogP contribution in [0.5, 0.6) is 5.75 Å². The quantitative estimate of drug-likeness (QED) is 0.225.